The molecule has 1 heterocycles. The van der Waals surface area contributed by atoms with Gasteiger partial charge in [-0.05, 0) is 67.7 Å². The van der Waals surface area contributed by atoms with Gasteiger partial charge in [-0.3, -0.25) is 9.69 Å². The van der Waals surface area contributed by atoms with E-state index in [0.29, 0.717) is 18.7 Å². The van der Waals surface area contributed by atoms with Crippen LogP contribution in [0.3, 0.4) is 0 Å². The van der Waals surface area contributed by atoms with E-state index in [1.807, 2.05) is 31.2 Å². The number of hydrogen-bond acceptors (Lipinski definition) is 4. The number of carbonyl (C=O) groups is 1. The van der Waals surface area contributed by atoms with Gasteiger partial charge in [0.05, 0.1) is 7.11 Å². The Bertz CT molecular complexity index is 737. The summed E-state index contributed by atoms with van der Waals surface area (Å²) in [5.74, 6) is 1.33. The van der Waals surface area contributed by atoms with Gasteiger partial charge in [0, 0.05) is 13.1 Å². The highest BCUT2D eigenvalue weighted by atomic mass is 16.5. The summed E-state index contributed by atoms with van der Waals surface area (Å²) in [7, 11) is 1.62. The molecule has 1 fully saturated rings. The minimum atomic E-state index is -0.511. The van der Waals surface area contributed by atoms with Crippen LogP contribution in [0.4, 0.5) is 0 Å². The average molecular weight is 383 g/mol. The lowest BCUT2D eigenvalue weighted by Gasteiger charge is -2.18. The van der Waals surface area contributed by atoms with E-state index >= 15 is 0 Å². The van der Waals surface area contributed by atoms with Crippen molar-refractivity contribution in [2.45, 2.75) is 45.4 Å². The van der Waals surface area contributed by atoms with E-state index in [9.17, 15) is 4.79 Å². The topological polar surface area (TPSA) is 50.8 Å². The normalized spacial score (nSPS) is 15.2. The lowest BCUT2D eigenvalue weighted by atomic mass is 10.1. The lowest BCUT2D eigenvalue weighted by Crippen LogP contribution is -2.37. The zero-order valence-electron chi connectivity index (χ0n) is 16.8. The van der Waals surface area contributed by atoms with Crippen LogP contribution in [0.1, 0.15) is 37.3 Å². The molecule has 0 spiro atoms. The second-order valence-electron chi connectivity index (χ2n) is 7.21. The Kier molecular flexibility index (Phi) is 7.31. The first kappa shape index (κ1) is 20.2. The van der Waals surface area contributed by atoms with E-state index in [0.717, 1.165) is 17.9 Å². The summed E-state index contributed by atoms with van der Waals surface area (Å²) in [6.45, 7) is 5.86. The number of likely N-dealkylation sites (tertiary alicyclic amines) is 1. The molecule has 1 aliphatic rings. The molecule has 1 atom stereocenters. The SMILES string of the molecule is CC[C@H](Oc1ccc(OC)cc1)C(=O)NCc1ccc(CN2CCCC2)cc1. The van der Waals surface area contributed by atoms with E-state index in [-0.39, 0.29) is 5.91 Å². The maximum Gasteiger partial charge on any atom is 0.261 e. The Morgan fingerprint density at radius 1 is 1.00 bits per heavy atom. The highest BCUT2D eigenvalue weighted by Gasteiger charge is 2.18. The summed E-state index contributed by atoms with van der Waals surface area (Å²) >= 11 is 0. The van der Waals surface area contributed by atoms with Crippen molar-refractivity contribution in [2.24, 2.45) is 0 Å². The van der Waals surface area contributed by atoms with Gasteiger partial charge in [-0.1, -0.05) is 31.2 Å². The van der Waals surface area contributed by atoms with Crippen LogP contribution in [0.25, 0.3) is 0 Å². The Morgan fingerprint density at radius 2 is 1.61 bits per heavy atom. The molecule has 2 aromatic carbocycles. The van der Waals surface area contributed by atoms with Gasteiger partial charge in [-0.25, -0.2) is 0 Å². The third kappa shape index (κ3) is 5.73. The molecule has 5 heteroatoms. The Hall–Kier alpha value is -2.53. The smallest absolute Gasteiger partial charge is 0.261 e. The molecule has 0 unspecified atom stereocenters. The predicted octanol–water partition coefficient (Wildman–Crippen LogP) is 3.76. The number of nitrogens with one attached hydrogen (secondary N) is 1. The minimum Gasteiger partial charge on any atom is -0.497 e. The van der Waals surface area contributed by atoms with Gasteiger partial charge < -0.3 is 14.8 Å². The molecule has 1 aliphatic heterocycles. The molecule has 150 valence electrons. The standard InChI is InChI=1S/C23H30N2O3/c1-3-22(28-21-12-10-20(27-2)11-13-21)23(26)24-16-18-6-8-19(9-7-18)17-25-14-4-5-15-25/h6-13,22H,3-5,14-17H2,1-2H3,(H,24,26)/t22-/m0/s1. The fourth-order valence-electron chi connectivity index (χ4n) is 3.41. The third-order valence-electron chi connectivity index (χ3n) is 5.10. The molecule has 2 aromatic rings. The summed E-state index contributed by atoms with van der Waals surface area (Å²) in [6, 6.07) is 15.8. The van der Waals surface area contributed by atoms with Crippen LogP contribution < -0.4 is 14.8 Å². The summed E-state index contributed by atoms with van der Waals surface area (Å²) in [4.78, 5) is 15.0. The Balaban J connectivity index is 1.48. The number of benzene rings is 2. The van der Waals surface area contributed by atoms with Crippen LogP contribution in [-0.2, 0) is 17.9 Å². The summed E-state index contributed by atoms with van der Waals surface area (Å²) in [5, 5.41) is 2.99. The van der Waals surface area contributed by atoms with Crippen LogP contribution >= 0.6 is 0 Å². The fourth-order valence-corrected chi connectivity index (χ4v) is 3.41. The average Bonchev–Trinajstić information content (AvgIpc) is 3.24. The Labute approximate surface area is 167 Å². The van der Waals surface area contributed by atoms with E-state index in [1.54, 1.807) is 7.11 Å². The number of methoxy groups -OCH3 is 1. The highest BCUT2D eigenvalue weighted by Crippen LogP contribution is 2.19. The minimum absolute atomic E-state index is 0.0977. The van der Waals surface area contributed by atoms with E-state index in [1.165, 1.54) is 31.5 Å². The van der Waals surface area contributed by atoms with Gasteiger partial charge in [-0.15, -0.1) is 0 Å². The van der Waals surface area contributed by atoms with Gasteiger partial charge in [-0.2, -0.15) is 0 Å². The van der Waals surface area contributed by atoms with Crippen molar-refractivity contribution in [3.05, 3.63) is 59.7 Å². The van der Waals surface area contributed by atoms with Gasteiger partial charge >= 0.3 is 0 Å². The lowest BCUT2D eigenvalue weighted by molar-refractivity contribution is -0.128. The quantitative estimate of drug-likeness (QED) is 0.717. The zero-order chi connectivity index (χ0) is 19.8. The molecule has 0 aromatic heterocycles. The second-order valence-corrected chi connectivity index (χ2v) is 7.21. The van der Waals surface area contributed by atoms with E-state index in [4.69, 9.17) is 9.47 Å². The number of nitrogens with zero attached hydrogens (tertiary/aromatic N) is 1. The van der Waals surface area contributed by atoms with Crippen molar-refractivity contribution < 1.29 is 14.3 Å². The van der Waals surface area contributed by atoms with Gasteiger partial charge in [0.25, 0.3) is 5.91 Å². The fraction of sp³-hybridized carbons (Fsp3) is 0.435. The second kappa shape index (κ2) is 10.1. The zero-order valence-corrected chi connectivity index (χ0v) is 16.8. The van der Waals surface area contributed by atoms with Crippen molar-refractivity contribution in [3.63, 3.8) is 0 Å². The number of hydrogen-bond donors (Lipinski definition) is 1. The van der Waals surface area contributed by atoms with Crippen molar-refractivity contribution in [1.29, 1.82) is 0 Å². The van der Waals surface area contributed by atoms with Gasteiger partial charge in [0.15, 0.2) is 6.10 Å². The summed E-state index contributed by atoms with van der Waals surface area (Å²) < 4.78 is 11.0. The van der Waals surface area contributed by atoms with Crippen LogP contribution in [0.2, 0.25) is 0 Å². The first-order valence-corrected chi connectivity index (χ1v) is 10.1. The summed E-state index contributed by atoms with van der Waals surface area (Å²) in [6.07, 6.45) is 2.71. The van der Waals surface area contributed by atoms with Crippen LogP contribution in [-0.4, -0.2) is 37.1 Å². The van der Waals surface area contributed by atoms with Gasteiger partial charge in [0.2, 0.25) is 0 Å². The van der Waals surface area contributed by atoms with Crippen molar-refractivity contribution in [1.82, 2.24) is 10.2 Å². The van der Waals surface area contributed by atoms with Gasteiger partial charge in [0.1, 0.15) is 11.5 Å². The largest absolute Gasteiger partial charge is 0.497 e. The molecular weight excluding hydrogens is 352 g/mol. The molecular formula is C23H30N2O3. The maximum absolute atomic E-state index is 12.5. The molecule has 5 nitrogen and oxygen atoms in total. The molecule has 1 amide bonds. The number of carbonyl (C=O) groups excluding carboxylic acids is 1. The first-order chi connectivity index (χ1) is 13.7. The Morgan fingerprint density at radius 3 is 2.21 bits per heavy atom. The van der Waals surface area contributed by atoms with Crippen LogP contribution in [0.15, 0.2) is 48.5 Å². The van der Waals surface area contributed by atoms with Crippen LogP contribution in [0, 0.1) is 0 Å². The molecule has 0 saturated carbocycles. The molecule has 1 N–H and O–H groups in total. The molecule has 1 saturated heterocycles. The first-order valence-electron chi connectivity index (χ1n) is 10.1. The molecule has 0 aliphatic carbocycles. The summed E-state index contributed by atoms with van der Waals surface area (Å²) in [5.41, 5.74) is 2.42. The number of ether oxygens (including phenoxy) is 2. The third-order valence-corrected chi connectivity index (χ3v) is 5.10. The van der Waals surface area contributed by atoms with Crippen molar-refractivity contribution >= 4 is 5.91 Å². The van der Waals surface area contributed by atoms with E-state index < -0.39 is 6.10 Å². The molecule has 28 heavy (non-hydrogen) atoms. The molecule has 3 rings (SSSR count). The van der Waals surface area contributed by atoms with Crippen molar-refractivity contribution in [2.75, 3.05) is 20.2 Å². The number of amides is 1. The van der Waals surface area contributed by atoms with E-state index in [2.05, 4.69) is 34.5 Å². The maximum atomic E-state index is 12.5. The highest BCUT2D eigenvalue weighted by molar-refractivity contribution is 5.81. The molecule has 0 bridgehead atoms. The predicted molar refractivity (Wildman–Crippen MR) is 111 cm³/mol. The van der Waals surface area contributed by atoms with Crippen LogP contribution in [0.5, 0.6) is 11.5 Å². The molecule has 0 radical (unpaired) electrons. The number of rotatable bonds is 9. The monoisotopic (exact) mass is 382 g/mol. The van der Waals surface area contributed by atoms with Crippen molar-refractivity contribution in [3.8, 4) is 11.5 Å².